The summed E-state index contributed by atoms with van der Waals surface area (Å²) in [6.45, 7) is 5.73. The molecule has 0 bridgehead atoms. The molecular formula is C17H18N2O5S2. The van der Waals surface area contributed by atoms with Gasteiger partial charge in [-0.2, -0.15) is 0 Å². The Hall–Kier alpha value is -2.00. The lowest BCUT2D eigenvalue weighted by Gasteiger charge is -2.48. The van der Waals surface area contributed by atoms with Crippen LogP contribution in [-0.4, -0.2) is 32.8 Å². The fourth-order valence-electron chi connectivity index (χ4n) is 2.80. The van der Waals surface area contributed by atoms with Crippen LogP contribution in [0.4, 0.5) is 5.69 Å². The maximum Gasteiger partial charge on any atom is 0.357 e. The minimum absolute atomic E-state index is 0.00877. The Balaban J connectivity index is 1.72. The molecule has 1 saturated heterocycles. The van der Waals surface area contributed by atoms with Crippen LogP contribution in [-0.2, 0) is 20.9 Å². The zero-order valence-corrected chi connectivity index (χ0v) is 16.2. The van der Waals surface area contributed by atoms with E-state index >= 15 is 0 Å². The fraction of sp³-hybridized carbons (Fsp3) is 0.412. The largest absolute Gasteiger partial charge is 0.456 e. The van der Waals surface area contributed by atoms with Gasteiger partial charge in [0.15, 0.2) is 5.70 Å². The second-order valence-corrected chi connectivity index (χ2v) is 9.06. The number of fused-ring (bicyclic) bond motifs is 1. The van der Waals surface area contributed by atoms with Gasteiger partial charge in [-0.05, 0) is 37.3 Å². The number of carbonyl (C=O) groups excluding carboxylic acids is 2. The Morgan fingerprint density at radius 2 is 2.04 bits per heavy atom. The summed E-state index contributed by atoms with van der Waals surface area (Å²) in [6, 6.07) is 5.82. The Morgan fingerprint density at radius 3 is 2.62 bits per heavy atom. The molecule has 3 rings (SSSR count). The average Bonchev–Trinajstić information content (AvgIpc) is 2.97. The number of amides is 1. The van der Waals surface area contributed by atoms with E-state index in [9.17, 15) is 19.7 Å². The number of non-ortho nitro benzene ring substituents is 1. The highest BCUT2D eigenvalue weighted by Crippen LogP contribution is 2.57. The number of esters is 1. The van der Waals surface area contributed by atoms with Crippen molar-refractivity contribution in [2.24, 2.45) is 5.41 Å². The molecule has 1 fully saturated rings. The van der Waals surface area contributed by atoms with Gasteiger partial charge >= 0.3 is 5.97 Å². The third-order valence-electron chi connectivity index (χ3n) is 4.26. The lowest BCUT2D eigenvalue weighted by molar-refractivity contribution is -0.384. The Kier molecular flexibility index (Phi) is 5.03. The van der Waals surface area contributed by atoms with Crippen LogP contribution in [0, 0.1) is 15.5 Å². The van der Waals surface area contributed by atoms with E-state index in [1.54, 1.807) is 12.1 Å². The molecule has 2 heterocycles. The molecule has 0 aliphatic carbocycles. The number of nitrogens with zero attached hydrogens (tertiary/aromatic N) is 2. The van der Waals surface area contributed by atoms with Gasteiger partial charge in [-0.15, -0.1) is 11.8 Å². The van der Waals surface area contributed by atoms with Gasteiger partial charge in [0.2, 0.25) is 5.91 Å². The summed E-state index contributed by atoms with van der Waals surface area (Å²) in [4.78, 5) is 36.7. The van der Waals surface area contributed by atoms with E-state index in [1.165, 1.54) is 40.6 Å². The predicted molar refractivity (Wildman–Crippen MR) is 100 cm³/mol. The van der Waals surface area contributed by atoms with Crippen molar-refractivity contribution in [3.8, 4) is 0 Å². The quantitative estimate of drug-likeness (QED) is 0.316. The number of hydrogen-bond acceptors (Lipinski definition) is 7. The molecule has 1 aromatic carbocycles. The molecule has 2 aliphatic rings. The number of thioether (sulfide) groups is 2. The molecule has 0 spiro atoms. The van der Waals surface area contributed by atoms with E-state index in [2.05, 4.69) is 0 Å². The summed E-state index contributed by atoms with van der Waals surface area (Å²) >= 11 is 3.06. The van der Waals surface area contributed by atoms with Crippen LogP contribution < -0.4 is 0 Å². The van der Waals surface area contributed by atoms with Gasteiger partial charge in [0, 0.05) is 12.1 Å². The summed E-state index contributed by atoms with van der Waals surface area (Å²) in [7, 11) is 0. The van der Waals surface area contributed by atoms with Crippen LogP contribution in [0.15, 0.2) is 34.2 Å². The van der Waals surface area contributed by atoms with Crippen LogP contribution in [0.3, 0.4) is 0 Å². The maximum atomic E-state index is 12.6. The molecule has 0 saturated carbocycles. The van der Waals surface area contributed by atoms with Crippen LogP contribution in [0.1, 0.15) is 26.3 Å². The van der Waals surface area contributed by atoms with Gasteiger partial charge in [0.05, 0.1) is 14.6 Å². The molecule has 9 heteroatoms. The van der Waals surface area contributed by atoms with E-state index in [4.69, 9.17) is 4.74 Å². The highest BCUT2D eigenvalue weighted by molar-refractivity contribution is 8.22. The summed E-state index contributed by atoms with van der Waals surface area (Å²) in [5.41, 5.74) is 0.447. The second kappa shape index (κ2) is 6.96. The minimum Gasteiger partial charge on any atom is -0.456 e. The van der Waals surface area contributed by atoms with Crippen LogP contribution >= 0.6 is 23.5 Å². The topological polar surface area (TPSA) is 89.8 Å². The van der Waals surface area contributed by atoms with Crippen LogP contribution in [0.5, 0.6) is 0 Å². The van der Waals surface area contributed by atoms with Crippen LogP contribution in [0.25, 0.3) is 0 Å². The van der Waals surface area contributed by atoms with E-state index in [0.717, 1.165) is 9.99 Å². The van der Waals surface area contributed by atoms with E-state index in [1.807, 2.05) is 20.8 Å². The molecule has 0 unspecified atom stereocenters. The number of carbonyl (C=O) groups is 2. The van der Waals surface area contributed by atoms with E-state index in [-0.39, 0.29) is 23.6 Å². The molecule has 138 valence electrons. The van der Waals surface area contributed by atoms with Gasteiger partial charge in [-0.1, -0.05) is 18.7 Å². The zero-order chi connectivity index (χ0) is 19.1. The van der Waals surface area contributed by atoms with Crippen molar-refractivity contribution in [1.29, 1.82) is 0 Å². The van der Waals surface area contributed by atoms with Gasteiger partial charge < -0.3 is 4.74 Å². The average molecular weight is 394 g/mol. The summed E-state index contributed by atoms with van der Waals surface area (Å²) < 4.78 is 6.18. The fourth-order valence-corrected chi connectivity index (χ4v) is 5.48. The smallest absolute Gasteiger partial charge is 0.357 e. The lowest BCUT2D eigenvalue weighted by Crippen LogP contribution is -2.63. The van der Waals surface area contributed by atoms with Gasteiger partial charge in [0.25, 0.3) is 5.69 Å². The first-order valence-electron chi connectivity index (χ1n) is 8.05. The third kappa shape index (κ3) is 3.09. The van der Waals surface area contributed by atoms with E-state index < -0.39 is 16.3 Å². The van der Waals surface area contributed by atoms with Gasteiger partial charge in [-0.25, -0.2) is 4.79 Å². The standard InChI is InChI=1S/C17H18N2O5S2/c1-4-25-14-12(18-15(21)17(2,3)16(18)26-14)13(20)24-9-10-5-7-11(8-6-10)19(22)23/h5-8,16H,4,9H2,1-3H3/t16-/m1/s1. The van der Waals surface area contributed by atoms with Crippen molar-refractivity contribution in [3.63, 3.8) is 0 Å². The number of hydrogen-bond donors (Lipinski definition) is 0. The SMILES string of the molecule is CCSC1=C(C(=O)OCc2ccc([N+](=O)[O-])cc2)N2C(=O)C(C)(C)[C@H]2S1. The summed E-state index contributed by atoms with van der Waals surface area (Å²) in [5, 5.41) is 10.6. The first kappa shape index (κ1) is 18.8. The van der Waals surface area contributed by atoms with Crippen LogP contribution in [0.2, 0.25) is 0 Å². The first-order valence-corrected chi connectivity index (χ1v) is 9.91. The molecule has 26 heavy (non-hydrogen) atoms. The number of rotatable bonds is 6. The molecule has 0 N–H and O–H groups in total. The monoisotopic (exact) mass is 394 g/mol. The number of nitro benzene ring substituents is 1. The molecular weight excluding hydrogens is 376 g/mol. The van der Waals surface area contributed by atoms with E-state index in [0.29, 0.717) is 11.3 Å². The van der Waals surface area contributed by atoms with Crippen molar-refractivity contribution >= 4 is 41.1 Å². The van der Waals surface area contributed by atoms with Crippen molar-refractivity contribution in [2.75, 3.05) is 5.75 Å². The molecule has 1 aromatic rings. The first-order chi connectivity index (χ1) is 12.3. The molecule has 0 aromatic heterocycles. The Bertz CT molecular complexity index is 804. The zero-order valence-electron chi connectivity index (χ0n) is 14.6. The predicted octanol–water partition coefficient (Wildman–Crippen LogP) is 3.50. The maximum absolute atomic E-state index is 12.6. The number of β-lactam (4-membered cyclic amide) rings is 1. The van der Waals surface area contributed by atoms with Crippen molar-refractivity contribution in [2.45, 2.75) is 32.8 Å². The number of benzene rings is 1. The second-order valence-electron chi connectivity index (χ2n) is 6.44. The molecule has 2 aliphatic heterocycles. The molecule has 0 radical (unpaired) electrons. The third-order valence-corrected chi connectivity index (χ3v) is 7.08. The summed E-state index contributed by atoms with van der Waals surface area (Å²) in [5.74, 6) is 0.165. The normalized spacial score (nSPS) is 20.7. The Morgan fingerprint density at radius 1 is 1.38 bits per heavy atom. The minimum atomic E-state index is -0.543. The van der Waals surface area contributed by atoms with Crippen molar-refractivity contribution in [1.82, 2.24) is 4.90 Å². The molecule has 1 amide bonds. The number of ether oxygens (including phenoxy) is 1. The molecule has 7 nitrogen and oxygen atoms in total. The van der Waals surface area contributed by atoms with Crippen molar-refractivity contribution < 1.29 is 19.2 Å². The lowest BCUT2D eigenvalue weighted by atomic mass is 9.82. The Labute approximate surface area is 159 Å². The van der Waals surface area contributed by atoms with Gasteiger partial charge in [-0.3, -0.25) is 19.8 Å². The number of nitro groups is 1. The van der Waals surface area contributed by atoms with Crippen molar-refractivity contribution in [3.05, 3.63) is 49.9 Å². The molecule has 1 atom stereocenters. The van der Waals surface area contributed by atoms with Gasteiger partial charge in [0.1, 0.15) is 12.0 Å². The highest BCUT2D eigenvalue weighted by Gasteiger charge is 2.61. The summed E-state index contributed by atoms with van der Waals surface area (Å²) in [6.07, 6.45) is 0. The highest BCUT2D eigenvalue weighted by atomic mass is 32.2.